The van der Waals surface area contributed by atoms with Crippen LogP contribution >= 0.6 is 0 Å². The average Bonchev–Trinajstić information content (AvgIpc) is 3.80. The molecule has 0 saturated carbocycles. The summed E-state index contributed by atoms with van der Waals surface area (Å²) in [4.78, 5) is 14.7. The third kappa shape index (κ3) is 4.60. The van der Waals surface area contributed by atoms with Crippen LogP contribution in [0.1, 0.15) is 8.22 Å². The molecule has 0 fully saturated rings. The summed E-state index contributed by atoms with van der Waals surface area (Å²) in [5.74, 6) is 1.58. The van der Waals surface area contributed by atoms with E-state index in [9.17, 15) is 0 Å². The molecule has 3 aromatic heterocycles. The van der Waals surface area contributed by atoms with Crippen LogP contribution in [-0.4, -0.2) is 19.5 Å². The lowest BCUT2D eigenvalue weighted by molar-refractivity contribution is 0.670. The predicted molar refractivity (Wildman–Crippen MR) is 203 cm³/mol. The first kappa shape index (κ1) is 22.7. The second-order valence-corrected chi connectivity index (χ2v) is 12.0. The summed E-state index contributed by atoms with van der Waals surface area (Å²) >= 11 is 0. The third-order valence-electron chi connectivity index (χ3n) is 8.99. The topological polar surface area (TPSA) is 56.7 Å². The van der Waals surface area contributed by atoms with Gasteiger partial charge in [0.15, 0.2) is 17.5 Å². The van der Waals surface area contributed by atoms with Crippen molar-refractivity contribution in [1.29, 1.82) is 0 Å². The minimum absolute atomic E-state index is 0.0207. The third-order valence-corrected chi connectivity index (χ3v) is 8.99. The molecule has 0 saturated heterocycles. The van der Waals surface area contributed by atoms with Gasteiger partial charge >= 0.3 is 0 Å². The molecule has 5 nitrogen and oxygen atoms in total. The first-order valence-corrected chi connectivity index (χ1v) is 16.2. The lowest BCUT2D eigenvalue weighted by Crippen LogP contribution is -2.00. The Balaban J connectivity index is 1.25. The number of para-hydroxylation sites is 2. The molecule has 0 aliphatic heterocycles. The predicted octanol–water partition coefficient (Wildman–Crippen LogP) is 11.5. The molecule has 0 amide bonds. The van der Waals surface area contributed by atoms with Gasteiger partial charge in [-0.2, -0.15) is 0 Å². The lowest BCUT2D eigenvalue weighted by atomic mass is 10.0. The molecule has 0 unspecified atom stereocenters. The molecular weight excluding hydrogens is 613 g/mol. The fourth-order valence-electron chi connectivity index (χ4n) is 6.67. The van der Waals surface area contributed by atoms with Gasteiger partial charge in [-0.15, -0.1) is 0 Å². The maximum absolute atomic E-state index is 9.02. The van der Waals surface area contributed by atoms with Gasteiger partial charge in [0.2, 0.25) is 0 Å². The van der Waals surface area contributed by atoms with Crippen LogP contribution in [-0.2, 0) is 0 Å². The summed E-state index contributed by atoms with van der Waals surface area (Å²) in [6, 6.07) is 41.0. The van der Waals surface area contributed by atoms with Crippen molar-refractivity contribution in [1.82, 2.24) is 19.5 Å². The SMILES string of the molecule is [2H]c1cc([2H])c2c(c1[2H])c1c([2H])c([2H])cc([2H])c1n2-c1cc(-c2ccccc2)c2oc3cc(-c4nc(-c5ccccc5)nc(-c5ccccc5)n4)ccc3c2c1. The molecule has 0 atom stereocenters. The van der Waals surface area contributed by atoms with E-state index < -0.39 is 0 Å². The summed E-state index contributed by atoms with van der Waals surface area (Å²) < 4.78 is 61.1. The number of furan rings is 1. The fraction of sp³-hybridized carbons (Fsp3) is 0. The highest BCUT2D eigenvalue weighted by atomic mass is 16.3. The highest BCUT2D eigenvalue weighted by Crippen LogP contribution is 2.41. The van der Waals surface area contributed by atoms with Gasteiger partial charge in [-0.25, -0.2) is 15.0 Å². The van der Waals surface area contributed by atoms with Crippen molar-refractivity contribution in [2.75, 3.05) is 0 Å². The minimum atomic E-state index is -0.162. The van der Waals surface area contributed by atoms with Crippen molar-refractivity contribution in [2.45, 2.75) is 0 Å². The Morgan fingerprint density at radius 1 is 0.460 bits per heavy atom. The van der Waals surface area contributed by atoms with E-state index in [1.165, 1.54) is 12.1 Å². The van der Waals surface area contributed by atoms with E-state index in [2.05, 4.69) is 0 Å². The zero-order chi connectivity index (χ0) is 38.2. The number of nitrogens with zero attached hydrogens (tertiary/aromatic N) is 4. The molecule has 10 aromatic rings. The molecule has 10 rings (SSSR count). The van der Waals surface area contributed by atoms with Crippen LogP contribution in [0.15, 0.2) is 174 Å². The van der Waals surface area contributed by atoms with Gasteiger partial charge in [0.05, 0.1) is 19.3 Å². The number of hydrogen-bond donors (Lipinski definition) is 0. The number of aromatic nitrogens is 4. The van der Waals surface area contributed by atoms with Gasteiger partial charge in [-0.3, -0.25) is 0 Å². The molecule has 234 valence electrons. The van der Waals surface area contributed by atoms with E-state index in [0.29, 0.717) is 45.4 Å². The van der Waals surface area contributed by atoms with E-state index >= 15 is 0 Å². The van der Waals surface area contributed by atoms with Crippen molar-refractivity contribution in [3.63, 3.8) is 0 Å². The highest BCUT2D eigenvalue weighted by molar-refractivity contribution is 6.13. The Bertz CT molecular complexity index is 3070. The molecule has 0 radical (unpaired) electrons. The summed E-state index contributed by atoms with van der Waals surface area (Å²) in [7, 11) is 0. The molecule has 50 heavy (non-hydrogen) atoms. The van der Waals surface area contributed by atoms with Gasteiger partial charge in [-0.1, -0.05) is 133 Å². The highest BCUT2D eigenvalue weighted by Gasteiger charge is 2.19. The fourth-order valence-corrected chi connectivity index (χ4v) is 6.67. The Kier molecular flexibility index (Phi) is 5.17. The summed E-state index contributed by atoms with van der Waals surface area (Å²) in [6.07, 6.45) is 0. The molecule has 0 N–H and O–H groups in total. The summed E-state index contributed by atoms with van der Waals surface area (Å²) in [5.41, 5.74) is 6.48. The number of benzene rings is 7. The van der Waals surface area contributed by atoms with E-state index in [4.69, 9.17) is 27.6 Å². The van der Waals surface area contributed by atoms with Crippen molar-refractivity contribution in [2.24, 2.45) is 0 Å². The average molecular weight is 647 g/mol. The summed E-state index contributed by atoms with van der Waals surface area (Å²) in [6.45, 7) is 0. The van der Waals surface area contributed by atoms with Crippen LogP contribution in [0.3, 0.4) is 0 Å². The lowest BCUT2D eigenvalue weighted by Gasteiger charge is -2.11. The maximum Gasteiger partial charge on any atom is 0.164 e. The van der Waals surface area contributed by atoms with Gasteiger partial charge in [0.25, 0.3) is 0 Å². The number of fused-ring (bicyclic) bond motifs is 6. The second kappa shape index (κ2) is 11.4. The minimum Gasteiger partial charge on any atom is -0.455 e. The molecule has 0 spiro atoms. The van der Waals surface area contributed by atoms with E-state index in [-0.39, 0.29) is 47.0 Å². The first-order valence-electron chi connectivity index (χ1n) is 19.2. The van der Waals surface area contributed by atoms with Gasteiger partial charge in [-0.05, 0) is 41.9 Å². The Morgan fingerprint density at radius 2 is 1.00 bits per heavy atom. The van der Waals surface area contributed by atoms with Crippen molar-refractivity contribution < 1.29 is 12.6 Å². The zero-order valence-electron chi connectivity index (χ0n) is 32.4. The van der Waals surface area contributed by atoms with Crippen LogP contribution in [0.25, 0.3) is 94.7 Å². The Labute approximate surface area is 296 Å². The first-order chi connectivity index (χ1) is 27.2. The molecule has 3 heterocycles. The molecule has 5 heteroatoms. The molecule has 0 aliphatic rings. The Hall–Kier alpha value is -6.85. The standard InChI is InChI=1S/C45H28N4O/c1-4-14-29(15-5-1)37-27-33(49-39-22-12-10-20-34(39)35-21-11-13-23-40(35)49)28-38-36-25-24-32(26-41(36)50-42(37)38)45-47-43(30-16-6-2-7-17-30)46-44(48-45)31-18-8-3-9-19-31/h1-28H/i10D,11D,20D,21D,22D,23D. The number of hydrogen-bond acceptors (Lipinski definition) is 4. The van der Waals surface area contributed by atoms with Crippen LogP contribution in [0, 0.1) is 0 Å². The van der Waals surface area contributed by atoms with Gasteiger partial charge in [0, 0.05) is 49.5 Å². The molecule has 0 bridgehead atoms. The largest absolute Gasteiger partial charge is 0.455 e. The van der Waals surface area contributed by atoms with Gasteiger partial charge in [0.1, 0.15) is 11.2 Å². The van der Waals surface area contributed by atoms with E-state index in [0.717, 1.165) is 38.6 Å². The van der Waals surface area contributed by atoms with Crippen molar-refractivity contribution >= 4 is 43.7 Å². The Morgan fingerprint density at radius 3 is 1.58 bits per heavy atom. The molecule has 0 aliphatic carbocycles. The normalized spacial score (nSPS) is 13.3. The van der Waals surface area contributed by atoms with Crippen LogP contribution in [0.2, 0.25) is 0 Å². The zero-order valence-corrected chi connectivity index (χ0v) is 26.4. The summed E-state index contributed by atoms with van der Waals surface area (Å²) in [5, 5.41) is 1.99. The number of rotatable bonds is 5. The van der Waals surface area contributed by atoms with Crippen molar-refractivity contribution in [3.05, 3.63) is 170 Å². The van der Waals surface area contributed by atoms with Crippen molar-refractivity contribution in [3.8, 4) is 51.0 Å². The monoisotopic (exact) mass is 646 g/mol. The smallest absolute Gasteiger partial charge is 0.164 e. The molecular formula is C45H28N4O. The van der Waals surface area contributed by atoms with Crippen LogP contribution < -0.4 is 0 Å². The maximum atomic E-state index is 9.02. The van der Waals surface area contributed by atoms with E-state index in [1.54, 1.807) is 4.57 Å². The second-order valence-electron chi connectivity index (χ2n) is 12.0. The van der Waals surface area contributed by atoms with Crippen LogP contribution in [0.5, 0.6) is 0 Å². The quantitative estimate of drug-likeness (QED) is 0.187. The van der Waals surface area contributed by atoms with Crippen LogP contribution in [0.4, 0.5) is 0 Å². The van der Waals surface area contributed by atoms with E-state index in [1.807, 2.05) is 121 Å². The molecule has 7 aromatic carbocycles. The van der Waals surface area contributed by atoms with Gasteiger partial charge < -0.3 is 8.98 Å².